The van der Waals surface area contributed by atoms with Gasteiger partial charge >= 0.3 is 0 Å². The Kier molecular flexibility index (Phi) is 4.04. The van der Waals surface area contributed by atoms with Gasteiger partial charge in [0, 0.05) is 44.5 Å². The normalized spacial score (nSPS) is 30.5. The van der Waals surface area contributed by atoms with Crippen LogP contribution in [0.3, 0.4) is 0 Å². The van der Waals surface area contributed by atoms with Crippen molar-refractivity contribution in [2.24, 2.45) is 18.9 Å². The summed E-state index contributed by atoms with van der Waals surface area (Å²) in [5.41, 5.74) is 0. The highest BCUT2D eigenvalue weighted by molar-refractivity contribution is 7.88. The van der Waals surface area contributed by atoms with Gasteiger partial charge in [0.05, 0.1) is 26.0 Å². The second-order valence-electron chi connectivity index (χ2n) is 6.11. The van der Waals surface area contributed by atoms with Crippen LogP contribution in [0.25, 0.3) is 0 Å². The highest BCUT2D eigenvalue weighted by Crippen LogP contribution is 2.31. The summed E-state index contributed by atoms with van der Waals surface area (Å²) in [5, 5.41) is 0. The second kappa shape index (κ2) is 5.68. The van der Waals surface area contributed by atoms with Crippen LogP contribution in [0.1, 0.15) is 5.82 Å². The molecule has 0 bridgehead atoms. The van der Waals surface area contributed by atoms with E-state index in [1.807, 2.05) is 17.8 Å². The van der Waals surface area contributed by atoms with E-state index in [0.29, 0.717) is 25.0 Å². The van der Waals surface area contributed by atoms with Gasteiger partial charge < -0.3 is 9.30 Å². The van der Waals surface area contributed by atoms with Crippen molar-refractivity contribution in [1.29, 1.82) is 0 Å². The molecule has 7 nitrogen and oxygen atoms in total. The monoisotopic (exact) mass is 314 g/mol. The summed E-state index contributed by atoms with van der Waals surface area (Å²) in [7, 11) is -1.21. The van der Waals surface area contributed by atoms with Gasteiger partial charge in [0.2, 0.25) is 10.0 Å². The third-order valence-electron chi connectivity index (χ3n) is 4.36. The third-order valence-corrected chi connectivity index (χ3v) is 5.10. The number of nitrogens with zero attached hydrogens (tertiary/aromatic N) is 3. The number of aromatic nitrogens is 2. The molecule has 0 amide bonds. The number of hydrogen-bond acceptors (Lipinski definition) is 5. The van der Waals surface area contributed by atoms with Crippen LogP contribution in [0.4, 0.5) is 0 Å². The summed E-state index contributed by atoms with van der Waals surface area (Å²) in [6.45, 7) is 3.78. The first-order chi connectivity index (χ1) is 9.92. The Hall–Kier alpha value is -0.960. The molecule has 2 saturated heterocycles. The van der Waals surface area contributed by atoms with Gasteiger partial charge in [0.1, 0.15) is 5.82 Å². The fraction of sp³-hybridized carbons (Fsp3) is 0.769. The molecule has 0 spiro atoms. The minimum absolute atomic E-state index is 0.120. The van der Waals surface area contributed by atoms with Crippen molar-refractivity contribution in [1.82, 2.24) is 19.2 Å². The van der Waals surface area contributed by atoms with Crippen molar-refractivity contribution < 1.29 is 13.2 Å². The van der Waals surface area contributed by atoms with Crippen molar-refractivity contribution in [3.63, 3.8) is 0 Å². The maximum atomic E-state index is 11.5. The molecule has 1 aromatic heterocycles. The van der Waals surface area contributed by atoms with Gasteiger partial charge in [-0.15, -0.1) is 0 Å². The summed E-state index contributed by atoms with van der Waals surface area (Å²) >= 11 is 0. The minimum atomic E-state index is -3.20. The Labute approximate surface area is 125 Å². The van der Waals surface area contributed by atoms with Gasteiger partial charge in [0.25, 0.3) is 0 Å². The molecule has 21 heavy (non-hydrogen) atoms. The SMILES string of the molecule is Cn1ccnc1CN1C[C@@H]2COC[C@@H](NS(C)(=O)=O)[C@@H]2C1. The molecule has 118 valence electrons. The van der Waals surface area contributed by atoms with Crippen molar-refractivity contribution in [3.8, 4) is 0 Å². The van der Waals surface area contributed by atoms with Crippen LogP contribution in [-0.4, -0.2) is 61.5 Å². The Morgan fingerprint density at radius 2 is 2.24 bits per heavy atom. The Bertz CT molecular complexity index is 600. The van der Waals surface area contributed by atoms with Crippen molar-refractivity contribution in [2.45, 2.75) is 12.6 Å². The van der Waals surface area contributed by atoms with Gasteiger partial charge in [-0.3, -0.25) is 4.90 Å². The van der Waals surface area contributed by atoms with Crippen molar-refractivity contribution in [3.05, 3.63) is 18.2 Å². The number of aryl methyl sites for hydroxylation is 1. The quantitative estimate of drug-likeness (QED) is 0.804. The first kappa shape index (κ1) is 15.0. The predicted octanol–water partition coefficient (Wildman–Crippen LogP) is -0.584. The number of rotatable bonds is 4. The van der Waals surface area contributed by atoms with Crippen molar-refractivity contribution >= 4 is 10.0 Å². The van der Waals surface area contributed by atoms with Gasteiger partial charge in [-0.1, -0.05) is 0 Å². The molecule has 0 radical (unpaired) electrons. The Morgan fingerprint density at radius 1 is 1.43 bits per heavy atom. The molecule has 2 aliphatic rings. The molecular weight excluding hydrogens is 292 g/mol. The van der Waals surface area contributed by atoms with Crippen LogP contribution in [0.2, 0.25) is 0 Å². The number of sulfonamides is 1. The average Bonchev–Trinajstić information content (AvgIpc) is 2.95. The molecule has 3 heterocycles. The molecule has 1 N–H and O–H groups in total. The molecule has 3 rings (SSSR count). The maximum absolute atomic E-state index is 11.5. The van der Waals surface area contributed by atoms with E-state index in [4.69, 9.17) is 4.74 Å². The van der Waals surface area contributed by atoms with E-state index >= 15 is 0 Å². The number of nitrogens with one attached hydrogen (secondary N) is 1. The zero-order valence-electron chi connectivity index (χ0n) is 12.4. The van der Waals surface area contributed by atoms with Crippen LogP contribution in [0, 0.1) is 11.8 Å². The van der Waals surface area contributed by atoms with E-state index in [1.54, 1.807) is 6.20 Å². The van der Waals surface area contributed by atoms with Gasteiger partial charge in [0.15, 0.2) is 0 Å². The van der Waals surface area contributed by atoms with E-state index in [1.165, 1.54) is 6.26 Å². The Balaban J connectivity index is 1.67. The summed E-state index contributed by atoms with van der Waals surface area (Å²) in [6, 6.07) is -0.120. The smallest absolute Gasteiger partial charge is 0.209 e. The lowest BCUT2D eigenvalue weighted by Gasteiger charge is -2.32. The zero-order valence-corrected chi connectivity index (χ0v) is 13.2. The number of likely N-dealkylation sites (tertiary alicyclic amines) is 1. The molecule has 2 aliphatic heterocycles. The standard InChI is InChI=1S/C13H22N4O3S/c1-16-4-3-14-13(16)7-17-5-10-8-20-9-12(11(10)6-17)15-21(2,18)19/h3-4,10-12,15H,5-9H2,1-2H3/t10-,11-,12-/m1/s1. The number of hydrogen-bond donors (Lipinski definition) is 1. The van der Waals surface area contributed by atoms with E-state index in [2.05, 4.69) is 14.6 Å². The average molecular weight is 314 g/mol. The fourth-order valence-corrected chi connectivity index (χ4v) is 4.16. The predicted molar refractivity (Wildman–Crippen MR) is 78.1 cm³/mol. The lowest BCUT2D eigenvalue weighted by molar-refractivity contribution is 0.0164. The molecule has 0 saturated carbocycles. The zero-order chi connectivity index (χ0) is 15.0. The maximum Gasteiger partial charge on any atom is 0.209 e. The third kappa shape index (κ3) is 3.45. The fourth-order valence-electron chi connectivity index (χ4n) is 3.37. The molecule has 0 aromatic carbocycles. The number of ether oxygens (including phenoxy) is 1. The molecule has 2 fully saturated rings. The first-order valence-corrected chi connectivity index (χ1v) is 9.05. The van der Waals surface area contributed by atoms with Crippen molar-refractivity contribution in [2.75, 3.05) is 32.6 Å². The molecule has 3 atom stereocenters. The van der Waals surface area contributed by atoms with Crippen LogP contribution in [0.15, 0.2) is 12.4 Å². The minimum Gasteiger partial charge on any atom is -0.379 e. The largest absolute Gasteiger partial charge is 0.379 e. The van der Waals surface area contributed by atoms with Crippen LogP contribution in [-0.2, 0) is 28.4 Å². The van der Waals surface area contributed by atoms with Crippen LogP contribution in [0.5, 0.6) is 0 Å². The highest BCUT2D eigenvalue weighted by atomic mass is 32.2. The topological polar surface area (TPSA) is 76.5 Å². The van der Waals surface area contributed by atoms with Crippen LogP contribution < -0.4 is 4.72 Å². The van der Waals surface area contributed by atoms with Gasteiger partial charge in [-0.25, -0.2) is 18.1 Å². The van der Waals surface area contributed by atoms with E-state index in [9.17, 15) is 8.42 Å². The molecule has 8 heteroatoms. The number of imidazole rings is 1. The van der Waals surface area contributed by atoms with Gasteiger partial charge in [-0.2, -0.15) is 0 Å². The summed E-state index contributed by atoms with van der Waals surface area (Å²) in [5.74, 6) is 1.73. The molecule has 0 aliphatic carbocycles. The van der Waals surface area contributed by atoms with E-state index < -0.39 is 10.0 Å². The lowest BCUT2D eigenvalue weighted by atomic mass is 9.88. The summed E-state index contributed by atoms with van der Waals surface area (Å²) in [6.07, 6.45) is 4.95. The molecule has 0 unspecified atom stereocenters. The lowest BCUT2D eigenvalue weighted by Crippen LogP contribution is -2.49. The summed E-state index contributed by atoms with van der Waals surface area (Å²) in [4.78, 5) is 6.69. The summed E-state index contributed by atoms with van der Waals surface area (Å²) < 4.78 is 33.3. The second-order valence-corrected chi connectivity index (χ2v) is 7.89. The van der Waals surface area contributed by atoms with E-state index in [-0.39, 0.29) is 6.04 Å². The molecular formula is C13H22N4O3S. The number of fused-ring (bicyclic) bond motifs is 1. The molecule has 1 aromatic rings. The highest BCUT2D eigenvalue weighted by Gasteiger charge is 2.42. The van der Waals surface area contributed by atoms with Gasteiger partial charge in [-0.05, 0) is 5.92 Å². The first-order valence-electron chi connectivity index (χ1n) is 7.16. The Morgan fingerprint density at radius 3 is 2.90 bits per heavy atom. The van der Waals surface area contributed by atoms with Crippen LogP contribution >= 0.6 is 0 Å². The van der Waals surface area contributed by atoms with E-state index in [0.717, 1.165) is 25.5 Å².